The van der Waals surface area contributed by atoms with Crippen LogP contribution in [-0.4, -0.2) is 22.0 Å². The molecular formula is C29H40O5. The first-order valence-corrected chi connectivity index (χ1v) is 13.3. The number of rotatable bonds is 5. The lowest BCUT2D eigenvalue weighted by atomic mass is 9.45. The molecule has 0 amide bonds. The molecule has 0 radical (unpaired) electrons. The first kappa shape index (κ1) is 23.7. The van der Waals surface area contributed by atoms with Crippen molar-refractivity contribution in [2.75, 3.05) is 0 Å². The molecule has 0 aromatic carbocycles. The van der Waals surface area contributed by atoms with E-state index in [1.165, 1.54) is 0 Å². The van der Waals surface area contributed by atoms with Gasteiger partial charge in [0.25, 0.3) is 0 Å². The summed E-state index contributed by atoms with van der Waals surface area (Å²) in [4.78, 5) is 25.1. The largest absolute Gasteiger partial charge is 0.505 e. The molecule has 3 saturated carbocycles. The summed E-state index contributed by atoms with van der Waals surface area (Å²) in [6, 6.07) is 1.99. The van der Waals surface area contributed by atoms with Gasteiger partial charge in [-0.1, -0.05) is 27.7 Å². The summed E-state index contributed by atoms with van der Waals surface area (Å²) >= 11 is 0. The second-order valence-electron chi connectivity index (χ2n) is 12.5. The molecule has 8 atom stereocenters. The summed E-state index contributed by atoms with van der Waals surface area (Å²) in [5.74, 6) is 1.80. The molecule has 1 aromatic heterocycles. The van der Waals surface area contributed by atoms with Crippen LogP contribution < -0.4 is 0 Å². The Kier molecular flexibility index (Phi) is 5.76. The highest BCUT2D eigenvalue weighted by atomic mass is 16.4. The molecule has 5 rings (SSSR count). The number of fused-ring (bicyclic) bond motifs is 5. The third-order valence-electron chi connectivity index (χ3n) is 10.8. The van der Waals surface area contributed by atoms with E-state index in [9.17, 15) is 19.8 Å². The lowest BCUT2D eigenvalue weighted by Gasteiger charge is -2.59. The van der Waals surface area contributed by atoms with Crippen LogP contribution in [0.3, 0.4) is 0 Å². The second-order valence-corrected chi connectivity index (χ2v) is 12.5. The number of allylic oxidation sites excluding steroid dienone is 2. The van der Waals surface area contributed by atoms with Crippen molar-refractivity contribution in [3.8, 4) is 0 Å². The Bertz CT molecular complexity index is 1000. The molecule has 1 heterocycles. The van der Waals surface area contributed by atoms with Gasteiger partial charge in [-0.2, -0.15) is 0 Å². The summed E-state index contributed by atoms with van der Waals surface area (Å²) in [5.41, 5.74) is 1.05. The van der Waals surface area contributed by atoms with Crippen LogP contribution >= 0.6 is 0 Å². The van der Waals surface area contributed by atoms with Crippen LogP contribution in [-0.2, 0) is 16.0 Å². The fourth-order valence-electron chi connectivity index (χ4n) is 9.08. The average Bonchev–Trinajstić information content (AvgIpc) is 3.37. The van der Waals surface area contributed by atoms with Crippen molar-refractivity contribution in [2.24, 2.45) is 46.3 Å². The van der Waals surface area contributed by atoms with E-state index in [2.05, 4.69) is 27.7 Å². The Labute approximate surface area is 203 Å². The van der Waals surface area contributed by atoms with Crippen LogP contribution in [0.15, 0.2) is 28.6 Å². The molecule has 1 aromatic rings. The van der Waals surface area contributed by atoms with Gasteiger partial charge in [-0.05, 0) is 103 Å². The zero-order valence-electron chi connectivity index (χ0n) is 21.0. The van der Waals surface area contributed by atoms with E-state index >= 15 is 0 Å². The zero-order valence-corrected chi connectivity index (χ0v) is 21.0. The molecule has 0 aliphatic heterocycles. The van der Waals surface area contributed by atoms with Crippen LogP contribution in [0.4, 0.5) is 0 Å². The maximum Gasteiger partial charge on any atom is 0.307 e. The summed E-state index contributed by atoms with van der Waals surface area (Å²) in [6.07, 6.45) is 10.7. The third kappa shape index (κ3) is 3.48. The van der Waals surface area contributed by atoms with Crippen molar-refractivity contribution in [3.63, 3.8) is 0 Å². The Morgan fingerprint density at radius 1 is 1.12 bits per heavy atom. The molecule has 8 unspecified atom stereocenters. The van der Waals surface area contributed by atoms with Crippen molar-refractivity contribution in [1.82, 2.24) is 0 Å². The maximum atomic E-state index is 12.6. The number of carbonyl (C=O) groups excluding carboxylic acids is 1. The minimum atomic E-state index is -0.700. The van der Waals surface area contributed by atoms with Gasteiger partial charge in [0.15, 0.2) is 11.5 Å². The van der Waals surface area contributed by atoms with E-state index in [-0.39, 0.29) is 34.2 Å². The Balaban J connectivity index is 1.41. The number of carbonyl (C=O) groups is 2. The van der Waals surface area contributed by atoms with Gasteiger partial charge < -0.3 is 14.6 Å². The molecule has 186 valence electrons. The summed E-state index contributed by atoms with van der Waals surface area (Å²) in [5, 5.41) is 20.4. The number of carboxylic acids is 1. The number of hydrogen-bond acceptors (Lipinski definition) is 4. The summed E-state index contributed by atoms with van der Waals surface area (Å²) in [7, 11) is 0. The third-order valence-corrected chi connectivity index (χ3v) is 10.8. The van der Waals surface area contributed by atoms with Gasteiger partial charge >= 0.3 is 5.97 Å². The van der Waals surface area contributed by atoms with Crippen molar-refractivity contribution < 1.29 is 24.2 Å². The van der Waals surface area contributed by atoms with Crippen molar-refractivity contribution in [1.29, 1.82) is 0 Å². The lowest BCUT2D eigenvalue weighted by Crippen LogP contribution is -2.54. The quantitative estimate of drug-likeness (QED) is 0.512. The Morgan fingerprint density at radius 2 is 1.85 bits per heavy atom. The van der Waals surface area contributed by atoms with Gasteiger partial charge in [0.2, 0.25) is 0 Å². The minimum Gasteiger partial charge on any atom is -0.505 e. The fourth-order valence-corrected chi connectivity index (χ4v) is 9.08. The molecule has 3 fully saturated rings. The first-order valence-electron chi connectivity index (χ1n) is 13.3. The molecule has 5 nitrogen and oxygen atoms in total. The summed E-state index contributed by atoms with van der Waals surface area (Å²) in [6.45, 7) is 8.88. The first-order chi connectivity index (χ1) is 16.1. The van der Waals surface area contributed by atoms with Gasteiger partial charge in [-0.3, -0.25) is 9.59 Å². The van der Waals surface area contributed by atoms with E-state index in [0.717, 1.165) is 49.8 Å². The fraction of sp³-hybridized carbons (Fsp3) is 0.724. The number of aliphatic hydroxyl groups excluding tert-OH is 1. The number of hydrogen-bond donors (Lipinski definition) is 2. The highest BCUT2D eigenvalue weighted by Gasteiger charge is 2.61. The smallest absolute Gasteiger partial charge is 0.307 e. The zero-order chi connectivity index (χ0) is 24.4. The van der Waals surface area contributed by atoms with Crippen LogP contribution in [0.2, 0.25) is 0 Å². The van der Waals surface area contributed by atoms with Crippen molar-refractivity contribution >= 4 is 11.8 Å². The van der Waals surface area contributed by atoms with Crippen LogP contribution in [0, 0.1) is 46.3 Å². The topological polar surface area (TPSA) is 87.7 Å². The highest BCUT2D eigenvalue weighted by Crippen LogP contribution is 2.67. The number of aliphatic hydroxyl groups is 1. The number of furan rings is 1. The lowest BCUT2D eigenvalue weighted by molar-refractivity contribution is -0.149. The molecule has 34 heavy (non-hydrogen) atoms. The van der Waals surface area contributed by atoms with Crippen LogP contribution in [0.25, 0.3) is 0 Å². The maximum absolute atomic E-state index is 12.6. The molecule has 0 bridgehead atoms. The number of aliphatic carboxylic acids is 1. The molecule has 0 spiro atoms. The normalized spacial score (nSPS) is 40.3. The van der Waals surface area contributed by atoms with Gasteiger partial charge in [-0.25, -0.2) is 0 Å². The number of carboxylic acid groups (broad SMARTS) is 1. The van der Waals surface area contributed by atoms with Gasteiger partial charge in [0.05, 0.1) is 12.2 Å². The monoisotopic (exact) mass is 468 g/mol. The SMILES string of the molecule is CC(C)c1ccoc1CC(C(=O)O)C1CCC2C3CCC4C=C(O)C(=O)CC4(C)C3CCC12C. The Morgan fingerprint density at radius 3 is 2.56 bits per heavy atom. The molecule has 2 N–H and O–H groups in total. The van der Waals surface area contributed by atoms with Gasteiger partial charge in [0, 0.05) is 12.8 Å². The average molecular weight is 469 g/mol. The molecular weight excluding hydrogens is 428 g/mol. The number of ketones is 1. The van der Waals surface area contributed by atoms with Crippen LogP contribution in [0.5, 0.6) is 0 Å². The Hall–Kier alpha value is -2.04. The van der Waals surface area contributed by atoms with Crippen molar-refractivity contribution in [3.05, 3.63) is 35.5 Å². The summed E-state index contributed by atoms with van der Waals surface area (Å²) < 4.78 is 5.79. The molecule has 5 heteroatoms. The van der Waals surface area contributed by atoms with Gasteiger partial charge in [-0.15, -0.1) is 0 Å². The second kappa shape index (κ2) is 8.27. The highest BCUT2D eigenvalue weighted by molar-refractivity contribution is 5.94. The van der Waals surface area contributed by atoms with E-state index in [1.54, 1.807) is 6.26 Å². The van der Waals surface area contributed by atoms with Crippen LogP contribution in [0.1, 0.15) is 89.9 Å². The predicted molar refractivity (Wildman–Crippen MR) is 129 cm³/mol. The minimum absolute atomic E-state index is 0.00859. The van der Waals surface area contributed by atoms with Gasteiger partial charge in [0.1, 0.15) is 5.76 Å². The van der Waals surface area contributed by atoms with E-state index in [4.69, 9.17) is 4.42 Å². The van der Waals surface area contributed by atoms with E-state index in [1.807, 2.05) is 12.1 Å². The predicted octanol–water partition coefficient (Wildman–Crippen LogP) is 6.54. The molecule has 0 saturated heterocycles. The standard InChI is InChI=1S/C29H40O5/c1-16(2)18-10-12-34-26(18)14-20(27(32)33)22-8-7-21-19-6-5-17-13-24(30)25(31)15-29(17,4)23(19)9-11-28(21,22)3/h10,12-13,16-17,19-23,30H,5-9,11,14-15H2,1-4H3,(H,32,33). The van der Waals surface area contributed by atoms with E-state index < -0.39 is 11.9 Å². The molecule has 4 aliphatic carbocycles. The van der Waals surface area contributed by atoms with Crippen molar-refractivity contribution in [2.45, 2.75) is 85.0 Å². The number of Topliss-reactive ketones (excluding diaryl/α,β-unsaturated/α-hetero) is 1. The van der Waals surface area contributed by atoms with E-state index in [0.29, 0.717) is 36.5 Å². The molecule has 4 aliphatic rings.